The Morgan fingerprint density at radius 1 is 1.28 bits per heavy atom. The van der Waals surface area contributed by atoms with Crippen LogP contribution in [0.3, 0.4) is 0 Å². The lowest BCUT2D eigenvalue weighted by Gasteiger charge is -2.34. The van der Waals surface area contributed by atoms with E-state index in [0.29, 0.717) is 37.3 Å². The summed E-state index contributed by atoms with van der Waals surface area (Å²) in [5.41, 5.74) is 1.80. The van der Waals surface area contributed by atoms with E-state index in [9.17, 15) is 13.6 Å². The van der Waals surface area contributed by atoms with E-state index in [4.69, 9.17) is 12.2 Å². The number of likely N-dealkylation sites (N-methyl/N-ethyl adjacent to an activating group) is 1. The first kappa shape index (κ1) is 22.5. The summed E-state index contributed by atoms with van der Waals surface area (Å²) in [6.07, 6.45) is 4.64. The number of hydrogen-bond donors (Lipinski definition) is 2. The van der Waals surface area contributed by atoms with Gasteiger partial charge in [0.25, 0.3) is 0 Å². The van der Waals surface area contributed by atoms with Crippen LogP contribution in [-0.2, 0) is 6.54 Å². The summed E-state index contributed by atoms with van der Waals surface area (Å²) < 4.78 is 45.1. The Balaban J connectivity index is 1.72. The molecule has 1 aliphatic heterocycles. The maximum atomic E-state index is 15.5. The van der Waals surface area contributed by atoms with E-state index in [1.165, 1.54) is 17.0 Å². The zero-order valence-electron chi connectivity index (χ0n) is 17.7. The molecule has 0 atom stereocenters. The maximum Gasteiger partial charge on any atom is 0.198 e. The van der Waals surface area contributed by atoms with Crippen LogP contribution in [0.25, 0.3) is 10.9 Å². The van der Waals surface area contributed by atoms with Crippen LogP contribution in [0.2, 0.25) is 0 Å². The number of halogens is 3. The molecule has 1 aliphatic carbocycles. The Kier molecular flexibility index (Phi) is 6.66. The number of thiocarbonyl (C=S) groups is 1. The fraction of sp³-hybridized carbons (Fsp3) is 0.476. The predicted octanol–water partition coefficient (Wildman–Crippen LogP) is 1.96. The number of pyridine rings is 1. The van der Waals surface area contributed by atoms with Crippen LogP contribution in [0.4, 0.5) is 18.9 Å². The van der Waals surface area contributed by atoms with Gasteiger partial charge in [-0.3, -0.25) is 10.2 Å². The smallest absolute Gasteiger partial charge is 0.198 e. The lowest BCUT2D eigenvalue weighted by molar-refractivity contribution is 0.310. The number of rotatable bonds is 6. The molecule has 172 valence electrons. The fourth-order valence-electron chi connectivity index (χ4n) is 3.78. The van der Waals surface area contributed by atoms with Crippen molar-refractivity contribution in [1.29, 1.82) is 0 Å². The predicted molar refractivity (Wildman–Crippen MR) is 123 cm³/mol. The summed E-state index contributed by atoms with van der Waals surface area (Å²) >= 11 is 5.11. The molecule has 0 amide bonds. The van der Waals surface area contributed by atoms with Crippen molar-refractivity contribution >= 4 is 40.1 Å². The number of aryl methyl sites for hydroxylation is 1. The Labute approximate surface area is 188 Å². The minimum absolute atomic E-state index is 0.0684. The Morgan fingerprint density at radius 3 is 2.66 bits per heavy atom. The second-order valence-electron chi connectivity index (χ2n) is 8.12. The molecule has 4 rings (SSSR count). The highest BCUT2D eigenvalue weighted by atomic mass is 32.1. The van der Waals surface area contributed by atoms with Crippen molar-refractivity contribution in [3.8, 4) is 0 Å². The Morgan fingerprint density at radius 2 is 2.00 bits per heavy atom. The molecule has 1 saturated carbocycles. The molecular weight excluding hydrogens is 441 g/mol. The number of hydrogen-bond acceptors (Lipinski definition) is 5. The highest BCUT2D eigenvalue weighted by Gasteiger charge is 2.25. The molecule has 1 aromatic carbocycles. The number of anilines is 1. The number of hydrazone groups is 1. The molecule has 2 heterocycles. The van der Waals surface area contributed by atoms with Crippen LogP contribution >= 0.6 is 12.2 Å². The number of alkyl halides is 1. The van der Waals surface area contributed by atoms with Gasteiger partial charge in [-0.1, -0.05) is 0 Å². The van der Waals surface area contributed by atoms with Gasteiger partial charge in [0.1, 0.15) is 18.2 Å². The SMILES string of the molecule is CN1CCN(c2c(F)cc3c(=O)c(/C=N/NC(=S)NC4CC4)cn(CCF)c3c2F)CC1. The van der Waals surface area contributed by atoms with Crippen molar-refractivity contribution in [3.05, 3.63) is 39.7 Å². The van der Waals surface area contributed by atoms with Crippen LogP contribution in [0.15, 0.2) is 22.2 Å². The van der Waals surface area contributed by atoms with Gasteiger partial charge in [-0.2, -0.15) is 5.10 Å². The van der Waals surface area contributed by atoms with E-state index in [0.717, 1.165) is 18.9 Å². The van der Waals surface area contributed by atoms with E-state index < -0.39 is 23.7 Å². The first-order valence-electron chi connectivity index (χ1n) is 10.5. The number of fused-ring (bicyclic) bond motifs is 1. The van der Waals surface area contributed by atoms with Gasteiger partial charge in [0, 0.05) is 38.4 Å². The van der Waals surface area contributed by atoms with E-state index in [1.54, 1.807) is 4.90 Å². The summed E-state index contributed by atoms with van der Waals surface area (Å²) in [6.45, 7) is 1.27. The minimum Gasteiger partial charge on any atom is -0.364 e. The summed E-state index contributed by atoms with van der Waals surface area (Å²) in [4.78, 5) is 16.6. The van der Waals surface area contributed by atoms with E-state index in [1.807, 2.05) is 7.05 Å². The van der Waals surface area contributed by atoms with Crippen LogP contribution in [-0.4, -0.2) is 66.7 Å². The second-order valence-corrected chi connectivity index (χ2v) is 8.53. The van der Waals surface area contributed by atoms with Gasteiger partial charge in [-0.15, -0.1) is 0 Å². The van der Waals surface area contributed by atoms with Gasteiger partial charge in [0.15, 0.2) is 16.4 Å². The van der Waals surface area contributed by atoms with Crippen molar-refractivity contribution in [2.24, 2.45) is 5.10 Å². The molecule has 2 aromatic rings. The third-order valence-corrected chi connectivity index (χ3v) is 5.89. The van der Waals surface area contributed by atoms with Crippen LogP contribution in [0.5, 0.6) is 0 Å². The molecule has 2 N–H and O–H groups in total. The van der Waals surface area contributed by atoms with Gasteiger partial charge in [0.2, 0.25) is 0 Å². The van der Waals surface area contributed by atoms with Crippen molar-refractivity contribution in [2.45, 2.75) is 25.4 Å². The molecular formula is C21H25F3N6OS. The molecule has 0 spiro atoms. The zero-order chi connectivity index (χ0) is 22.8. The number of nitrogens with one attached hydrogen (secondary N) is 2. The quantitative estimate of drug-likeness (QED) is 0.386. The number of nitrogens with zero attached hydrogens (tertiary/aromatic N) is 4. The standard InChI is InChI=1S/C21H25F3N6OS/c1-28-6-8-29(9-7-28)19-16(23)10-15-18(17(19)24)30(5-4-22)12-13(20(15)31)11-25-27-21(32)26-14-2-3-14/h10-12,14H,2-9H2,1H3,(H2,26,27,32)/b25-11+. The van der Waals surface area contributed by atoms with Gasteiger partial charge in [-0.25, -0.2) is 13.2 Å². The summed E-state index contributed by atoms with van der Waals surface area (Å²) in [5.74, 6) is -1.67. The van der Waals surface area contributed by atoms with Gasteiger partial charge in [0.05, 0.1) is 29.2 Å². The average molecular weight is 467 g/mol. The van der Waals surface area contributed by atoms with E-state index in [-0.39, 0.29) is 28.7 Å². The first-order valence-corrected chi connectivity index (χ1v) is 10.9. The van der Waals surface area contributed by atoms with Crippen molar-refractivity contribution in [3.63, 3.8) is 0 Å². The molecule has 2 aliphatic rings. The number of benzene rings is 1. The second kappa shape index (κ2) is 9.45. The molecule has 0 radical (unpaired) electrons. The molecule has 0 bridgehead atoms. The normalized spacial score (nSPS) is 17.3. The topological polar surface area (TPSA) is 64.9 Å². The van der Waals surface area contributed by atoms with Gasteiger partial charge < -0.3 is 19.7 Å². The molecule has 2 fully saturated rings. The van der Waals surface area contributed by atoms with Crippen molar-refractivity contribution in [1.82, 2.24) is 20.2 Å². The van der Waals surface area contributed by atoms with Crippen molar-refractivity contribution < 1.29 is 13.2 Å². The molecule has 32 heavy (non-hydrogen) atoms. The summed E-state index contributed by atoms with van der Waals surface area (Å²) in [7, 11) is 1.94. The molecule has 1 aromatic heterocycles. The third kappa shape index (κ3) is 4.73. The molecule has 0 unspecified atom stereocenters. The van der Waals surface area contributed by atoms with Crippen molar-refractivity contribution in [2.75, 3.05) is 44.8 Å². The first-order chi connectivity index (χ1) is 15.4. The largest absolute Gasteiger partial charge is 0.364 e. The van der Waals surface area contributed by atoms with Crippen LogP contribution in [0, 0.1) is 11.6 Å². The molecule has 1 saturated heterocycles. The van der Waals surface area contributed by atoms with Gasteiger partial charge >= 0.3 is 0 Å². The Bertz CT molecular complexity index is 1110. The monoisotopic (exact) mass is 466 g/mol. The number of piperazine rings is 1. The highest BCUT2D eigenvalue weighted by Crippen LogP contribution is 2.30. The molecule has 7 nitrogen and oxygen atoms in total. The highest BCUT2D eigenvalue weighted by molar-refractivity contribution is 7.80. The number of aromatic nitrogens is 1. The average Bonchev–Trinajstić information content (AvgIpc) is 3.56. The van der Waals surface area contributed by atoms with E-state index >= 15 is 4.39 Å². The Hall–Kier alpha value is -2.66. The van der Waals surface area contributed by atoms with Crippen LogP contribution in [0.1, 0.15) is 18.4 Å². The van der Waals surface area contributed by atoms with E-state index in [2.05, 4.69) is 20.7 Å². The minimum atomic E-state index is -0.855. The van der Waals surface area contributed by atoms with Gasteiger partial charge in [-0.05, 0) is 38.2 Å². The lowest BCUT2D eigenvalue weighted by Crippen LogP contribution is -2.45. The maximum absolute atomic E-state index is 15.5. The van der Waals surface area contributed by atoms with Crippen LogP contribution < -0.4 is 21.1 Å². The molecule has 11 heteroatoms. The summed E-state index contributed by atoms with van der Waals surface area (Å²) in [5, 5.41) is 7.15. The fourth-order valence-corrected chi connectivity index (χ4v) is 4.00. The summed E-state index contributed by atoms with van der Waals surface area (Å²) in [6, 6.07) is 1.38. The zero-order valence-corrected chi connectivity index (χ0v) is 18.5. The third-order valence-electron chi connectivity index (χ3n) is 5.68. The lowest BCUT2D eigenvalue weighted by atomic mass is 10.1.